The molecule has 5 N–H and O–H groups in total. The van der Waals surface area contributed by atoms with Gasteiger partial charge in [-0.3, -0.25) is 9.59 Å². The van der Waals surface area contributed by atoms with Crippen molar-refractivity contribution in [3.8, 4) is 0 Å². The lowest BCUT2D eigenvalue weighted by Gasteiger charge is -2.31. The van der Waals surface area contributed by atoms with E-state index < -0.39 is 11.4 Å². The lowest BCUT2D eigenvalue weighted by Crippen LogP contribution is -2.52. The molecular weight excluding hydrogens is 278 g/mol. The van der Waals surface area contributed by atoms with Gasteiger partial charge in [-0.25, -0.2) is 0 Å². The fourth-order valence-electron chi connectivity index (χ4n) is 2.38. The van der Waals surface area contributed by atoms with Crippen LogP contribution in [0.3, 0.4) is 0 Å². The van der Waals surface area contributed by atoms with E-state index in [1.165, 1.54) is 0 Å². The fourth-order valence-corrected chi connectivity index (χ4v) is 2.38. The van der Waals surface area contributed by atoms with Crippen LogP contribution in [0.15, 0.2) is 24.3 Å². The van der Waals surface area contributed by atoms with Crippen molar-refractivity contribution >= 4 is 29.9 Å². The number of carbonyl (C=O) groups is 2. The van der Waals surface area contributed by atoms with E-state index >= 15 is 0 Å². The zero-order valence-electron chi connectivity index (χ0n) is 11.2. The number of primary amides is 1. The largest absolute Gasteiger partial charge is 0.366 e. The fraction of sp³-hybridized carbons (Fsp3) is 0.429. The van der Waals surface area contributed by atoms with Crippen molar-refractivity contribution in [2.75, 3.05) is 5.32 Å². The summed E-state index contributed by atoms with van der Waals surface area (Å²) in [7, 11) is 0. The number of nitrogens with two attached hydrogens (primary N) is 2. The summed E-state index contributed by atoms with van der Waals surface area (Å²) in [5.74, 6) is -0.639. The Morgan fingerprint density at radius 1 is 1.05 bits per heavy atom. The van der Waals surface area contributed by atoms with Gasteiger partial charge in [0.2, 0.25) is 11.8 Å². The quantitative estimate of drug-likeness (QED) is 0.793. The minimum Gasteiger partial charge on any atom is -0.366 e. The topological polar surface area (TPSA) is 98.2 Å². The van der Waals surface area contributed by atoms with E-state index in [-0.39, 0.29) is 18.3 Å². The van der Waals surface area contributed by atoms with Crippen LogP contribution in [0.2, 0.25) is 0 Å². The van der Waals surface area contributed by atoms with Gasteiger partial charge in [-0.05, 0) is 37.1 Å². The second-order valence-electron chi connectivity index (χ2n) is 5.11. The molecule has 0 spiro atoms. The molecule has 0 unspecified atom stereocenters. The summed E-state index contributed by atoms with van der Waals surface area (Å²) in [4.78, 5) is 23.1. The van der Waals surface area contributed by atoms with Crippen molar-refractivity contribution in [1.82, 2.24) is 0 Å². The summed E-state index contributed by atoms with van der Waals surface area (Å²) < 4.78 is 0. The molecule has 0 bridgehead atoms. The van der Waals surface area contributed by atoms with Gasteiger partial charge in [0.25, 0.3) is 0 Å². The van der Waals surface area contributed by atoms with E-state index in [4.69, 9.17) is 11.5 Å². The maximum atomic E-state index is 12.2. The van der Waals surface area contributed by atoms with Crippen LogP contribution in [0.5, 0.6) is 0 Å². The lowest BCUT2D eigenvalue weighted by molar-refractivity contribution is -0.122. The number of nitrogens with one attached hydrogen (secondary N) is 1. The van der Waals surface area contributed by atoms with Crippen LogP contribution in [0.1, 0.15) is 42.5 Å². The van der Waals surface area contributed by atoms with Gasteiger partial charge in [-0.1, -0.05) is 19.3 Å². The number of benzene rings is 1. The van der Waals surface area contributed by atoms with Gasteiger partial charge >= 0.3 is 0 Å². The summed E-state index contributed by atoms with van der Waals surface area (Å²) >= 11 is 0. The van der Waals surface area contributed by atoms with E-state index in [0.29, 0.717) is 11.3 Å². The molecule has 1 saturated carbocycles. The number of anilines is 1. The van der Waals surface area contributed by atoms with Gasteiger partial charge < -0.3 is 16.8 Å². The van der Waals surface area contributed by atoms with Crippen LogP contribution < -0.4 is 16.8 Å². The molecule has 1 aliphatic carbocycles. The highest BCUT2D eigenvalue weighted by atomic mass is 35.5. The third kappa shape index (κ3) is 3.71. The number of halogens is 1. The first kappa shape index (κ1) is 16.5. The molecule has 1 aromatic rings. The predicted molar refractivity (Wildman–Crippen MR) is 80.8 cm³/mol. The number of hydrogen-bond donors (Lipinski definition) is 3. The van der Waals surface area contributed by atoms with E-state index in [1.54, 1.807) is 24.3 Å². The van der Waals surface area contributed by atoms with Gasteiger partial charge in [0.1, 0.15) is 0 Å². The van der Waals surface area contributed by atoms with Crippen LogP contribution in [0.4, 0.5) is 5.69 Å². The van der Waals surface area contributed by atoms with Gasteiger partial charge in [0.05, 0.1) is 5.54 Å². The van der Waals surface area contributed by atoms with Crippen LogP contribution >= 0.6 is 12.4 Å². The predicted octanol–water partition coefficient (Wildman–Crippen LogP) is 1.81. The Hall–Kier alpha value is -1.59. The molecule has 5 nitrogen and oxygen atoms in total. The molecule has 0 saturated heterocycles. The van der Waals surface area contributed by atoms with Crippen molar-refractivity contribution in [3.05, 3.63) is 29.8 Å². The van der Waals surface area contributed by atoms with Crippen LogP contribution in [-0.4, -0.2) is 17.4 Å². The van der Waals surface area contributed by atoms with Crippen molar-refractivity contribution < 1.29 is 9.59 Å². The Morgan fingerprint density at radius 3 is 2.10 bits per heavy atom. The molecule has 0 heterocycles. The highest BCUT2D eigenvalue weighted by molar-refractivity contribution is 5.98. The first-order chi connectivity index (χ1) is 9.01. The Labute approximate surface area is 124 Å². The van der Waals surface area contributed by atoms with Crippen molar-refractivity contribution in [2.45, 2.75) is 37.6 Å². The summed E-state index contributed by atoms with van der Waals surface area (Å²) in [6.45, 7) is 0. The van der Waals surface area contributed by atoms with Gasteiger partial charge in [0, 0.05) is 11.3 Å². The number of rotatable bonds is 3. The monoisotopic (exact) mass is 297 g/mol. The van der Waals surface area contributed by atoms with Crippen molar-refractivity contribution in [1.29, 1.82) is 0 Å². The van der Waals surface area contributed by atoms with E-state index in [9.17, 15) is 9.59 Å². The summed E-state index contributed by atoms with van der Waals surface area (Å²) in [5, 5.41) is 2.80. The average Bonchev–Trinajstić information content (AvgIpc) is 2.40. The summed E-state index contributed by atoms with van der Waals surface area (Å²) in [6, 6.07) is 6.48. The number of amides is 2. The molecule has 0 radical (unpaired) electrons. The molecule has 110 valence electrons. The first-order valence-electron chi connectivity index (χ1n) is 6.51. The third-order valence-electron chi connectivity index (χ3n) is 3.63. The first-order valence-corrected chi connectivity index (χ1v) is 6.51. The maximum Gasteiger partial charge on any atom is 0.248 e. The van der Waals surface area contributed by atoms with Crippen molar-refractivity contribution in [2.24, 2.45) is 11.5 Å². The highest BCUT2D eigenvalue weighted by Crippen LogP contribution is 2.27. The van der Waals surface area contributed by atoms with Gasteiger partial charge in [-0.15, -0.1) is 12.4 Å². The summed E-state index contributed by atoms with van der Waals surface area (Å²) in [6.07, 6.45) is 4.56. The Bertz CT molecular complexity index is 482. The molecule has 0 atom stereocenters. The molecule has 2 amide bonds. The molecule has 0 aromatic heterocycles. The van der Waals surface area contributed by atoms with Gasteiger partial charge in [0.15, 0.2) is 0 Å². The molecule has 1 aromatic carbocycles. The minimum atomic E-state index is -0.763. The molecular formula is C14H20ClN3O2. The van der Waals surface area contributed by atoms with Crippen molar-refractivity contribution in [3.63, 3.8) is 0 Å². The lowest BCUT2D eigenvalue weighted by atomic mass is 9.82. The van der Waals surface area contributed by atoms with Crippen LogP contribution in [-0.2, 0) is 4.79 Å². The normalized spacial score (nSPS) is 16.9. The van der Waals surface area contributed by atoms with E-state index in [2.05, 4.69) is 5.32 Å². The van der Waals surface area contributed by atoms with Crippen LogP contribution in [0, 0.1) is 0 Å². The molecule has 1 aliphatic rings. The summed E-state index contributed by atoms with van der Waals surface area (Å²) in [5.41, 5.74) is 11.6. The highest BCUT2D eigenvalue weighted by Gasteiger charge is 2.35. The average molecular weight is 298 g/mol. The number of carbonyl (C=O) groups excluding carboxylic acids is 2. The van der Waals surface area contributed by atoms with Gasteiger partial charge in [-0.2, -0.15) is 0 Å². The van der Waals surface area contributed by atoms with E-state index in [0.717, 1.165) is 32.1 Å². The Balaban J connectivity index is 0.00000200. The molecule has 6 heteroatoms. The second-order valence-corrected chi connectivity index (χ2v) is 5.11. The molecule has 1 fully saturated rings. The Kier molecular flexibility index (Phi) is 5.53. The molecule has 20 heavy (non-hydrogen) atoms. The molecule has 2 rings (SSSR count). The Morgan fingerprint density at radius 2 is 1.60 bits per heavy atom. The standard InChI is InChI=1S/C14H19N3O2.ClH/c15-12(18)10-4-6-11(7-5-10)17-13(19)14(16)8-2-1-3-9-14;/h4-7H,1-3,8-9,16H2,(H2,15,18)(H,17,19);1H. The zero-order chi connectivity index (χ0) is 13.9. The second kappa shape index (κ2) is 6.72. The molecule has 0 aliphatic heterocycles. The maximum absolute atomic E-state index is 12.2. The zero-order valence-corrected chi connectivity index (χ0v) is 12.0. The smallest absolute Gasteiger partial charge is 0.248 e. The minimum absolute atomic E-state index is 0. The van der Waals surface area contributed by atoms with E-state index in [1.807, 2.05) is 0 Å². The van der Waals surface area contributed by atoms with Crippen LogP contribution in [0.25, 0.3) is 0 Å². The SMILES string of the molecule is Cl.NC(=O)c1ccc(NC(=O)C2(N)CCCCC2)cc1. The number of hydrogen-bond acceptors (Lipinski definition) is 3. The third-order valence-corrected chi connectivity index (χ3v) is 3.63.